The standard InChI is InChI=1S/C23H22ClN3O4S/c1-29-19-8-14(9-20(30-2)22(19)31-3)17-10-21(28)27-12-26(13-32-23(27)18(17)11-25)16-6-4-15(24)5-7-16/h4-9,17H,10,12-13H2,1-3H3/t17-/m1/s1. The van der Waals surface area contributed by atoms with E-state index >= 15 is 0 Å². The number of benzene rings is 2. The Morgan fingerprint density at radius 2 is 1.75 bits per heavy atom. The van der Waals surface area contributed by atoms with E-state index in [1.807, 2.05) is 24.3 Å². The number of amides is 1. The van der Waals surface area contributed by atoms with Crippen molar-refractivity contribution in [3.05, 3.63) is 57.6 Å². The lowest BCUT2D eigenvalue weighted by molar-refractivity contribution is -0.129. The van der Waals surface area contributed by atoms with Crippen molar-refractivity contribution in [3.8, 4) is 23.3 Å². The number of fused-ring (bicyclic) bond motifs is 1. The molecule has 166 valence electrons. The van der Waals surface area contributed by atoms with Gasteiger partial charge in [-0.2, -0.15) is 5.26 Å². The van der Waals surface area contributed by atoms with Gasteiger partial charge in [0.25, 0.3) is 0 Å². The number of carbonyl (C=O) groups excluding carboxylic acids is 1. The summed E-state index contributed by atoms with van der Waals surface area (Å²) < 4.78 is 16.3. The Morgan fingerprint density at radius 1 is 1.09 bits per heavy atom. The molecule has 1 amide bonds. The van der Waals surface area contributed by atoms with Crippen LogP contribution in [0.1, 0.15) is 17.9 Å². The number of anilines is 1. The van der Waals surface area contributed by atoms with Crippen LogP contribution in [0.15, 0.2) is 47.0 Å². The zero-order valence-corrected chi connectivity index (χ0v) is 19.5. The van der Waals surface area contributed by atoms with Crippen LogP contribution in [0.25, 0.3) is 0 Å². The van der Waals surface area contributed by atoms with Crippen LogP contribution in [0, 0.1) is 11.3 Å². The quantitative estimate of drug-likeness (QED) is 0.631. The first-order chi connectivity index (χ1) is 15.5. The predicted molar refractivity (Wildman–Crippen MR) is 124 cm³/mol. The minimum Gasteiger partial charge on any atom is -0.493 e. The molecule has 2 aromatic carbocycles. The molecule has 2 aliphatic rings. The molecule has 0 bridgehead atoms. The van der Waals surface area contributed by atoms with Gasteiger partial charge in [-0.1, -0.05) is 23.4 Å². The van der Waals surface area contributed by atoms with Crippen molar-refractivity contribution >= 4 is 35.0 Å². The van der Waals surface area contributed by atoms with Crippen LogP contribution < -0.4 is 19.1 Å². The zero-order valence-electron chi connectivity index (χ0n) is 17.9. The topological polar surface area (TPSA) is 75.0 Å². The number of hydrogen-bond acceptors (Lipinski definition) is 7. The molecule has 2 aliphatic heterocycles. The zero-order chi connectivity index (χ0) is 22.8. The van der Waals surface area contributed by atoms with Crippen molar-refractivity contribution in [3.63, 3.8) is 0 Å². The fraction of sp³-hybridized carbons (Fsp3) is 0.304. The van der Waals surface area contributed by atoms with E-state index < -0.39 is 0 Å². The van der Waals surface area contributed by atoms with Gasteiger partial charge in [0.2, 0.25) is 11.7 Å². The summed E-state index contributed by atoms with van der Waals surface area (Å²) in [5.74, 6) is 1.65. The molecule has 1 atom stereocenters. The first kappa shape index (κ1) is 22.2. The van der Waals surface area contributed by atoms with Crippen LogP contribution in [0.5, 0.6) is 17.2 Å². The molecule has 0 radical (unpaired) electrons. The number of nitrogens with zero attached hydrogens (tertiary/aromatic N) is 3. The second-order valence-electron chi connectivity index (χ2n) is 7.30. The maximum Gasteiger partial charge on any atom is 0.229 e. The summed E-state index contributed by atoms with van der Waals surface area (Å²) in [5, 5.41) is 11.4. The molecule has 0 aromatic heterocycles. The van der Waals surface area contributed by atoms with Gasteiger partial charge in [0, 0.05) is 23.0 Å². The van der Waals surface area contributed by atoms with Gasteiger partial charge < -0.3 is 19.1 Å². The van der Waals surface area contributed by atoms with Crippen molar-refractivity contribution in [1.82, 2.24) is 4.90 Å². The second-order valence-corrected chi connectivity index (χ2v) is 8.67. The highest BCUT2D eigenvalue weighted by molar-refractivity contribution is 8.03. The van der Waals surface area contributed by atoms with Crippen molar-refractivity contribution < 1.29 is 19.0 Å². The summed E-state index contributed by atoms with van der Waals surface area (Å²) in [7, 11) is 4.62. The summed E-state index contributed by atoms with van der Waals surface area (Å²) in [4.78, 5) is 16.9. The maximum atomic E-state index is 13.2. The Kier molecular flexibility index (Phi) is 6.40. The molecule has 0 saturated carbocycles. The fourth-order valence-corrected chi connectivity index (χ4v) is 5.26. The van der Waals surface area contributed by atoms with Gasteiger partial charge in [0.15, 0.2) is 11.5 Å². The third-order valence-corrected chi connectivity index (χ3v) is 6.98. The first-order valence-corrected chi connectivity index (χ1v) is 11.2. The minimum atomic E-state index is -0.387. The highest BCUT2D eigenvalue weighted by Crippen LogP contribution is 2.47. The predicted octanol–water partition coefficient (Wildman–Crippen LogP) is 4.59. The van der Waals surface area contributed by atoms with Gasteiger partial charge in [-0.15, -0.1) is 0 Å². The number of halogens is 1. The molecule has 1 saturated heterocycles. The highest BCUT2D eigenvalue weighted by Gasteiger charge is 2.39. The molecule has 0 N–H and O–H groups in total. The van der Waals surface area contributed by atoms with E-state index in [9.17, 15) is 10.1 Å². The normalized spacial score (nSPS) is 18.2. The van der Waals surface area contributed by atoms with E-state index in [0.717, 1.165) is 11.3 Å². The number of methoxy groups -OCH3 is 3. The Hall–Kier alpha value is -3.02. The molecule has 9 heteroatoms. The maximum absolute atomic E-state index is 13.2. The number of ether oxygens (including phenoxy) is 3. The average Bonchev–Trinajstić information content (AvgIpc) is 2.83. The molecule has 2 aromatic rings. The summed E-state index contributed by atoms with van der Waals surface area (Å²) >= 11 is 7.49. The number of rotatable bonds is 5. The summed E-state index contributed by atoms with van der Waals surface area (Å²) in [6.07, 6.45) is 0.181. The smallest absolute Gasteiger partial charge is 0.229 e. The molecule has 0 spiro atoms. The van der Waals surface area contributed by atoms with Crippen LogP contribution in [-0.2, 0) is 4.79 Å². The number of carbonyl (C=O) groups is 1. The first-order valence-electron chi connectivity index (χ1n) is 9.88. The second kappa shape index (κ2) is 9.23. The van der Waals surface area contributed by atoms with Crippen molar-refractivity contribution in [1.29, 1.82) is 5.26 Å². The highest BCUT2D eigenvalue weighted by atomic mass is 35.5. The molecule has 2 heterocycles. The Labute approximate surface area is 196 Å². The van der Waals surface area contributed by atoms with Gasteiger partial charge in [-0.25, -0.2) is 0 Å². The van der Waals surface area contributed by atoms with E-state index in [1.165, 1.54) is 18.9 Å². The van der Waals surface area contributed by atoms with Gasteiger partial charge in [0.1, 0.15) is 0 Å². The number of hydrogen-bond donors (Lipinski definition) is 0. The molecule has 1 fully saturated rings. The number of thioether (sulfide) groups is 1. The average molecular weight is 472 g/mol. The number of nitriles is 1. The summed E-state index contributed by atoms with van der Waals surface area (Å²) in [5.41, 5.74) is 2.32. The van der Waals surface area contributed by atoms with E-state index in [0.29, 0.717) is 45.4 Å². The molecule has 0 unspecified atom stereocenters. The fourth-order valence-electron chi connectivity index (χ4n) is 3.96. The number of allylic oxidation sites excluding steroid dienone is 1. The third-order valence-electron chi connectivity index (χ3n) is 5.57. The third kappa shape index (κ3) is 3.94. The molecule has 4 rings (SSSR count). The lowest BCUT2D eigenvalue weighted by Gasteiger charge is -2.42. The summed E-state index contributed by atoms with van der Waals surface area (Å²) in [6.45, 7) is 0.385. The Morgan fingerprint density at radius 3 is 2.31 bits per heavy atom. The molecular formula is C23H22ClN3O4S. The monoisotopic (exact) mass is 471 g/mol. The van der Waals surface area contributed by atoms with E-state index in [2.05, 4.69) is 11.0 Å². The van der Waals surface area contributed by atoms with Crippen molar-refractivity contribution in [2.45, 2.75) is 12.3 Å². The molecular weight excluding hydrogens is 450 g/mol. The van der Waals surface area contributed by atoms with Crippen LogP contribution in [0.3, 0.4) is 0 Å². The van der Waals surface area contributed by atoms with Gasteiger partial charge in [-0.05, 0) is 42.0 Å². The SMILES string of the molecule is COc1cc([C@H]2CC(=O)N3CN(c4ccc(Cl)cc4)CSC3=C2C#N)cc(OC)c1OC. The largest absolute Gasteiger partial charge is 0.493 e. The van der Waals surface area contributed by atoms with Crippen LogP contribution in [0.2, 0.25) is 5.02 Å². The minimum absolute atomic E-state index is 0.0380. The lowest BCUT2D eigenvalue weighted by atomic mass is 9.86. The van der Waals surface area contributed by atoms with Gasteiger partial charge in [-0.3, -0.25) is 9.69 Å². The molecule has 0 aliphatic carbocycles. The Bertz CT molecular complexity index is 1090. The van der Waals surface area contributed by atoms with E-state index in [-0.39, 0.29) is 18.2 Å². The van der Waals surface area contributed by atoms with Gasteiger partial charge >= 0.3 is 0 Å². The Balaban J connectivity index is 1.70. The van der Waals surface area contributed by atoms with Gasteiger partial charge in [0.05, 0.1) is 50.5 Å². The van der Waals surface area contributed by atoms with Crippen LogP contribution in [-0.4, -0.2) is 44.7 Å². The molecule has 32 heavy (non-hydrogen) atoms. The van der Waals surface area contributed by atoms with Crippen molar-refractivity contribution in [2.24, 2.45) is 0 Å². The van der Waals surface area contributed by atoms with E-state index in [1.54, 1.807) is 31.3 Å². The van der Waals surface area contributed by atoms with Crippen molar-refractivity contribution in [2.75, 3.05) is 38.8 Å². The van der Waals surface area contributed by atoms with E-state index in [4.69, 9.17) is 25.8 Å². The van der Waals surface area contributed by atoms with Crippen LogP contribution >= 0.6 is 23.4 Å². The molecule has 7 nitrogen and oxygen atoms in total. The summed E-state index contributed by atoms with van der Waals surface area (Å²) in [6, 6.07) is 13.5. The lowest BCUT2D eigenvalue weighted by Crippen LogP contribution is -2.47. The van der Waals surface area contributed by atoms with Crippen LogP contribution in [0.4, 0.5) is 5.69 Å².